The predicted molar refractivity (Wildman–Crippen MR) is 145 cm³/mol. The van der Waals surface area contributed by atoms with Crippen LogP contribution in [0.1, 0.15) is 72.3 Å². The Kier molecular flexibility index (Phi) is 9.98. The zero-order chi connectivity index (χ0) is 28.8. The Labute approximate surface area is 230 Å². The number of carbonyl (C=O) groups excluding carboxylic acids is 4. The summed E-state index contributed by atoms with van der Waals surface area (Å²) < 4.78 is 15.9. The Balaban J connectivity index is 1.75. The van der Waals surface area contributed by atoms with E-state index in [0.29, 0.717) is 24.7 Å². The molecule has 39 heavy (non-hydrogen) atoms. The molecule has 1 aromatic carbocycles. The Morgan fingerprint density at radius 3 is 2.13 bits per heavy atom. The minimum absolute atomic E-state index is 0.141. The highest BCUT2D eigenvalue weighted by Crippen LogP contribution is 2.33. The lowest BCUT2D eigenvalue weighted by Crippen LogP contribution is -2.57. The monoisotopic (exact) mass is 545 g/mol. The van der Waals surface area contributed by atoms with E-state index in [2.05, 4.69) is 16.0 Å². The van der Waals surface area contributed by atoms with Gasteiger partial charge >= 0.3 is 6.09 Å². The number of amides is 3. The van der Waals surface area contributed by atoms with Crippen molar-refractivity contribution in [2.24, 2.45) is 5.92 Å². The van der Waals surface area contributed by atoms with Crippen molar-refractivity contribution in [1.82, 2.24) is 16.0 Å². The largest absolute Gasteiger partial charge is 0.497 e. The molecule has 4 atom stereocenters. The molecule has 1 saturated heterocycles. The van der Waals surface area contributed by atoms with Gasteiger partial charge in [0.1, 0.15) is 29.0 Å². The van der Waals surface area contributed by atoms with E-state index >= 15 is 0 Å². The average Bonchev–Trinajstić information content (AvgIpc) is 3.40. The number of hydrogen-bond acceptors (Lipinski definition) is 7. The van der Waals surface area contributed by atoms with Gasteiger partial charge in [-0.25, -0.2) is 4.79 Å². The second-order valence-corrected chi connectivity index (χ2v) is 11.8. The number of ketones is 1. The number of nitrogens with one attached hydrogen (secondary N) is 3. The van der Waals surface area contributed by atoms with Gasteiger partial charge in [0, 0.05) is 6.42 Å². The summed E-state index contributed by atoms with van der Waals surface area (Å²) in [6.07, 6.45) is 4.27. The van der Waals surface area contributed by atoms with Crippen LogP contribution in [0.15, 0.2) is 24.3 Å². The molecule has 3 N–H and O–H groups in total. The SMILES string of the molecule is COc1ccc(CC(NC(=O)C(C)NC(=O)OC(C)(C)C)C(=O)NC(CC2CCCC2)C(=O)C2(C)CO2)cc1. The molecular weight excluding hydrogens is 502 g/mol. The lowest BCUT2D eigenvalue weighted by atomic mass is 9.90. The Morgan fingerprint density at radius 1 is 1.00 bits per heavy atom. The van der Waals surface area contributed by atoms with Crippen LogP contribution in [0.25, 0.3) is 0 Å². The van der Waals surface area contributed by atoms with E-state index in [1.165, 1.54) is 6.92 Å². The van der Waals surface area contributed by atoms with Crippen LogP contribution in [0.4, 0.5) is 4.79 Å². The van der Waals surface area contributed by atoms with Crippen molar-refractivity contribution >= 4 is 23.7 Å². The van der Waals surface area contributed by atoms with Crippen LogP contribution in [0, 0.1) is 5.92 Å². The summed E-state index contributed by atoms with van der Waals surface area (Å²) in [6, 6.07) is 4.52. The first-order valence-electron chi connectivity index (χ1n) is 13.7. The molecule has 0 spiro atoms. The molecule has 1 aliphatic carbocycles. The molecule has 10 nitrogen and oxygen atoms in total. The quantitative estimate of drug-likeness (QED) is 0.344. The Hall–Kier alpha value is -3.14. The Morgan fingerprint density at radius 2 is 1.59 bits per heavy atom. The van der Waals surface area contributed by atoms with Crippen LogP contribution in [0.5, 0.6) is 5.75 Å². The number of ether oxygens (including phenoxy) is 3. The maximum atomic E-state index is 13.6. The molecule has 0 radical (unpaired) electrons. The number of hydrogen-bond donors (Lipinski definition) is 3. The first kappa shape index (κ1) is 30.4. The highest BCUT2D eigenvalue weighted by molar-refractivity contribution is 5.98. The smallest absolute Gasteiger partial charge is 0.408 e. The molecule has 1 saturated carbocycles. The summed E-state index contributed by atoms with van der Waals surface area (Å²) in [7, 11) is 1.57. The van der Waals surface area contributed by atoms with Crippen molar-refractivity contribution < 1.29 is 33.4 Å². The van der Waals surface area contributed by atoms with Gasteiger partial charge in [-0.2, -0.15) is 0 Å². The fraction of sp³-hybridized carbons (Fsp3) is 0.655. The molecule has 3 amide bonds. The van der Waals surface area contributed by atoms with Gasteiger partial charge in [-0.05, 0) is 64.7 Å². The van der Waals surface area contributed by atoms with Gasteiger partial charge in [-0.15, -0.1) is 0 Å². The molecule has 0 bridgehead atoms. The van der Waals surface area contributed by atoms with Gasteiger partial charge < -0.3 is 30.2 Å². The second kappa shape index (κ2) is 12.8. The predicted octanol–water partition coefficient (Wildman–Crippen LogP) is 3.06. The van der Waals surface area contributed by atoms with Crippen LogP contribution in [-0.4, -0.2) is 66.7 Å². The summed E-state index contributed by atoms with van der Waals surface area (Å²) >= 11 is 0. The van der Waals surface area contributed by atoms with E-state index < -0.39 is 47.2 Å². The number of methoxy groups -OCH3 is 1. The van der Waals surface area contributed by atoms with Gasteiger partial charge in [0.2, 0.25) is 11.8 Å². The highest BCUT2D eigenvalue weighted by atomic mass is 16.6. The minimum Gasteiger partial charge on any atom is -0.497 e. The maximum Gasteiger partial charge on any atom is 0.408 e. The minimum atomic E-state index is -0.986. The van der Waals surface area contributed by atoms with Crippen molar-refractivity contribution in [2.75, 3.05) is 13.7 Å². The normalized spacial score (nSPS) is 21.3. The highest BCUT2D eigenvalue weighted by Gasteiger charge is 2.50. The van der Waals surface area contributed by atoms with Gasteiger partial charge in [0.25, 0.3) is 0 Å². The molecule has 4 unspecified atom stereocenters. The standard InChI is InChI=1S/C29H43N3O7/c1-18(30-27(36)39-28(2,3)4)25(34)32-23(16-20-11-13-21(37-6)14-12-20)26(35)31-22(15-19-9-7-8-10-19)24(33)29(5)17-38-29/h11-14,18-19,22-23H,7-10,15-17H2,1-6H3,(H,30,36)(H,31,35)(H,32,34). The van der Waals surface area contributed by atoms with E-state index in [0.717, 1.165) is 31.2 Å². The van der Waals surface area contributed by atoms with Gasteiger partial charge in [0.15, 0.2) is 5.78 Å². The molecular formula is C29H43N3O7. The zero-order valence-electron chi connectivity index (χ0n) is 23.9. The third kappa shape index (κ3) is 9.23. The van der Waals surface area contributed by atoms with E-state index in [1.54, 1.807) is 46.9 Å². The first-order chi connectivity index (χ1) is 18.3. The molecule has 216 valence electrons. The van der Waals surface area contributed by atoms with Gasteiger partial charge in [0.05, 0.1) is 19.8 Å². The summed E-state index contributed by atoms with van der Waals surface area (Å²) in [6.45, 7) is 8.76. The molecule has 1 heterocycles. The van der Waals surface area contributed by atoms with Crippen molar-refractivity contribution in [1.29, 1.82) is 0 Å². The van der Waals surface area contributed by atoms with Gasteiger partial charge in [-0.1, -0.05) is 37.8 Å². The molecule has 3 rings (SSSR count). The van der Waals surface area contributed by atoms with E-state index in [1.807, 2.05) is 12.1 Å². The maximum absolute atomic E-state index is 13.6. The summed E-state index contributed by atoms with van der Waals surface area (Å²) in [4.78, 5) is 52.1. The Bertz CT molecular complexity index is 1020. The molecule has 10 heteroatoms. The van der Waals surface area contributed by atoms with Crippen LogP contribution >= 0.6 is 0 Å². The van der Waals surface area contributed by atoms with Crippen LogP contribution in [0.3, 0.4) is 0 Å². The third-order valence-electron chi connectivity index (χ3n) is 7.13. The number of alkyl carbamates (subject to hydrolysis) is 1. The van der Waals surface area contributed by atoms with E-state index in [4.69, 9.17) is 14.2 Å². The molecule has 0 aromatic heterocycles. The van der Waals surface area contributed by atoms with Crippen LogP contribution in [-0.2, 0) is 30.3 Å². The summed E-state index contributed by atoms with van der Waals surface area (Å²) in [5.41, 5.74) is -0.808. The molecule has 1 aliphatic heterocycles. The van der Waals surface area contributed by atoms with E-state index in [9.17, 15) is 19.2 Å². The summed E-state index contributed by atoms with van der Waals surface area (Å²) in [5, 5.41) is 8.19. The van der Waals surface area contributed by atoms with Crippen molar-refractivity contribution in [2.45, 2.75) is 102 Å². The number of epoxide rings is 1. The number of carbonyl (C=O) groups is 4. The third-order valence-corrected chi connectivity index (χ3v) is 7.13. The fourth-order valence-corrected chi connectivity index (χ4v) is 4.76. The molecule has 1 aromatic rings. The summed E-state index contributed by atoms with van der Waals surface area (Å²) in [5.74, 6) is -0.139. The van der Waals surface area contributed by atoms with Gasteiger partial charge in [-0.3, -0.25) is 14.4 Å². The number of Topliss-reactive ketones (excluding diaryl/α,β-unsaturated/α-hetero) is 1. The van der Waals surface area contributed by atoms with E-state index in [-0.39, 0.29) is 12.2 Å². The zero-order valence-corrected chi connectivity index (χ0v) is 23.9. The number of benzene rings is 1. The lowest BCUT2D eigenvalue weighted by Gasteiger charge is -2.27. The topological polar surface area (TPSA) is 135 Å². The van der Waals surface area contributed by atoms with Crippen LogP contribution in [0.2, 0.25) is 0 Å². The molecule has 2 aliphatic rings. The fourth-order valence-electron chi connectivity index (χ4n) is 4.76. The van der Waals surface area contributed by atoms with Crippen molar-refractivity contribution in [3.8, 4) is 5.75 Å². The van der Waals surface area contributed by atoms with Crippen molar-refractivity contribution in [3.05, 3.63) is 29.8 Å². The van der Waals surface area contributed by atoms with Crippen LogP contribution < -0.4 is 20.7 Å². The first-order valence-corrected chi connectivity index (χ1v) is 13.7. The molecule has 2 fully saturated rings. The average molecular weight is 546 g/mol. The number of rotatable bonds is 12. The van der Waals surface area contributed by atoms with Crippen molar-refractivity contribution in [3.63, 3.8) is 0 Å². The second-order valence-electron chi connectivity index (χ2n) is 11.8. The lowest BCUT2D eigenvalue weighted by molar-refractivity contribution is -0.133.